The summed E-state index contributed by atoms with van der Waals surface area (Å²) in [4.78, 5) is 94.4. The van der Waals surface area contributed by atoms with Crippen LogP contribution in [0.5, 0.6) is 0 Å². The number of rotatable bonds is 34. The van der Waals surface area contributed by atoms with Crippen molar-refractivity contribution in [3.63, 3.8) is 0 Å². The van der Waals surface area contributed by atoms with Gasteiger partial charge in [-0.15, -0.1) is 0 Å². The molecule has 4 heterocycles. The number of piperidine rings is 1. The van der Waals surface area contributed by atoms with Crippen LogP contribution in [0.2, 0.25) is 0 Å². The topological polar surface area (TPSA) is 412 Å². The Labute approximate surface area is 466 Å². The average molecular weight is 1150 g/mol. The van der Waals surface area contributed by atoms with Crippen molar-refractivity contribution in [2.45, 2.75) is 197 Å². The molecule has 0 saturated carbocycles. The van der Waals surface area contributed by atoms with Gasteiger partial charge in [0.25, 0.3) is 0 Å². The van der Waals surface area contributed by atoms with Crippen molar-refractivity contribution in [1.29, 1.82) is 0 Å². The quantitative estimate of drug-likeness (QED) is 0.0269. The molecular formula is C52H90N6O22. The average Bonchev–Trinajstić information content (AvgIpc) is 3.43. The lowest BCUT2D eigenvalue weighted by atomic mass is 9.84. The molecule has 0 aliphatic carbocycles. The number of unbranched alkanes of at least 4 members (excludes halogenated alkanes) is 4. The van der Waals surface area contributed by atoms with E-state index in [4.69, 9.17) is 28.4 Å². The molecule has 0 spiro atoms. The molecule has 0 bridgehead atoms. The van der Waals surface area contributed by atoms with E-state index in [-0.39, 0.29) is 115 Å². The normalized spacial score (nSPS) is 31.8. The molecule has 5 amide bonds. The minimum absolute atomic E-state index is 0.00639. The molecular weight excluding hydrogens is 1060 g/mol. The second-order valence-corrected chi connectivity index (χ2v) is 21.2. The third-order valence-electron chi connectivity index (χ3n) is 14.6. The molecule has 28 nitrogen and oxygen atoms in total. The van der Waals surface area contributed by atoms with Crippen LogP contribution < -0.4 is 21.3 Å². The number of likely N-dealkylation sites (tertiary alicyclic amines) is 1. The molecule has 17 atom stereocenters. The number of amides is 5. The Morgan fingerprint density at radius 2 is 0.887 bits per heavy atom. The van der Waals surface area contributed by atoms with Crippen LogP contribution in [0.25, 0.3) is 0 Å². The monoisotopic (exact) mass is 1150 g/mol. The molecule has 13 N–H and O–H groups in total. The first-order chi connectivity index (χ1) is 38.0. The number of carbonyl (C=O) groups excluding carboxylic acids is 7. The zero-order valence-corrected chi connectivity index (χ0v) is 46.5. The molecule has 4 rings (SSSR count). The smallest absolute Gasteiger partial charge is 0.234 e. The van der Waals surface area contributed by atoms with Crippen LogP contribution in [-0.2, 0) is 62.0 Å². The van der Waals surface area contributed by atoms with Gasteiger partial charge in [-0.1, -0.05) is 19.8 Å². The van der Waals surface area contributed by atoms with Gasteiger partial charge in [-0.2, -0.15) is 0 Å². The molecule has 4 saturated heterocycles. The van der Waals surface area contributed by atoms with Crippen LogP contribution in [0.4, 0.5) is 0 Å². The lowest BCUT2D eigenvalue weighted by Gasteiger charge is -2.39. The fourth-order valence-electron chi connectivity index (χ4n) is 9.63. The number of aliphatic hydroxyl groups is 9. The fourth-order valence-corrected chi connectivity index (χ4v) is 9.63. The van der Waals surface area contributed by atoms with Crippen molar-refractivity contribution in [1.82, 2.24) is 31.1 Å². The van der Waals surface area contributed by atoms with Gasteiger partial charge in [0.05, 0.1) is 63.7 Å². The molecule has 0 aromatic heterocycles. The molecule has 28 heteroatoms. The summed E-state index contributed by atoms with van der Waals surface area (Å²) in [5, 5.41) is 102. The van der Waals surface area contributed by atoms with E-state index < -0.39 is 128 Å². The molecule has 0 aromatic rings. The Bertz CT molecular complexity index is 1880. The Morgan fingerprint density at radius 1 is 0.475 bits per heavy atom. The van der Waals surface area contributed by atoms with Crippen molar-refractivity contribution in [3.05, 3.63) is 0 Å². The predicted molar refractivity (Wildman–Crippen MR) is 278 cm³/mol. The lowest BCUT2D eigenvalue weighted by Crippen LogP contribution is -2.57. The SMILES string of the molecule is CCC(=O)CCCCCNC(=O)CN(CC(=O)NCCCCCC(=O)N1CC(C(=O)CCCO[C@@H]2O[C@@H](C)[C@@H](O)[C@@H](O)[C@@H]2O)CC(C(=O)NCCO[C@@H]2O[C@@H](C)[C@@H](O)[C@@H](O)[C@@H]2O)C1)CC(=O)NCCOC1O[C@@H](C)[C@@H](O)[C@@H](O)[C@@H]1O. The van der Waals surface area contributed by atoms with Crippen molar-refractivity contribution >= 4 is 41.1 Å². The summed E-state index contributed by atoms with van der Waals surface area (Å²) in [6, 6.07) is 0. The summed E-state index contributed by atoms with van der Waals surface area (Å²) in [6.45, 7) is 5.52. The van der Waals surface area contributed by atoms with E-state index in [1.807, 2.05) is 0 Å². The lowest BCUT2D eigenvalue weighted by molar-refractivity contribution is -0.293. The number of nitrogens with one attached hydrogen (secondary N) is 4. The number of nitrogens with zero attached hydrogens (tertiary/aromatic N) is 2. The zero-order valence-electron chi connectivity index (χ0n) is 46.5. The third kappa shape index (κ3) is 22.3. The molecule has 3 unspecified atom stereocenters. The second-order valence-electron chi connectivity index (χ2n) is 21.2. The summed E-state index contributed by atoms with van der Waals surface area (Å²) < 4.78 is 32.9. The Kier molecular flexibility index (Phi) is 30.2. The summed E-state index contributed by atoms with van der Waals surface area (Å²) in [7, 11) is 0. The minimum Gasteiger partial charge on any atom is -0.388 e. The highest BCUT2D eigenvalue weighted by molar-refractivity contribution is 5.86. The summed E-state index contributed by atoms with van der Waals surface area (Å²) in [5.74, 6) is -3.80. The molecule has 460 valence electrons. The predicted octanol–water partition coefficient (Wildman–Crippen LogP) is -4.80. The number of ketones is 2. The highest BCUT2D eigenvalue weighted by Crippen LogP contribution is 2.28. The van der Waals surface area contributed by atoms with E-state index in [1.165, 1.54) is 30.6 Å². The van der Waals surface area contributed by atoms with Crippen LogP contribution in [0, 0.1) is 11.8 Å². The number of hydrogen-bond acceptors (Lipinski definition) is 23. The van der Waals surface area contributed by atoms with Gasteiger partial charge in [0.15, 0.2) is 18.9 Å². The maximum Gasteiger partial charge on any atom is 0.234 e. The van der Waals surface area contributed by atoms with Gasteiger partial charge in [-0.3, -0.25) is 38.5 Å². The molecule has 0 aromatic carbocycles. The molecule has 4 aliphatic rings. The van der Waals surface area contributed by atoms with Gasteiger partial charge >= 0.3 is 0 Å². The summed E-state index contributed by atoms with van der Waals surface area (Å²) >= 11 is 0. The van der Waals surface area contributed by atoms with Crippen LogP contribution in [0.15, 0.2) is 0 Å². The van der Waals surface area contributed by atoms with E-state index in [2.05, 4.69) is 21.3 Å². The number of carbonyl (C=O) groups is 7. The molecule has 4 aliphatic heterocycles. The van der Waals surface area contributed by atoms with E-state index in [0.717, 1.165) is 6.42 Å². The number of ether oxygens (including phenoxy) is 6. The molecule has 0 radical (unpaired) electrons. The van der Waals surface area contributed by atoms with Gasteiger partial charge in [0.1, 0.15) is 66.5 Å². The number of hydrogen-bond donors (Lipinski definition) is 13. The van der Waals surface area contributed by atoms with Gasteiger partial charge in [0.2, 0.25) is 29.5 Å². The van der Waals surface area contributed by atoms with Crippen LogP contribution in [0.3, 0.4) is 0 Å². The van der Waals surface area contributed by atoms with Crippen LogP contribution >= 0.6 is 0 Å². The Morgan fingerprint density at radius 3 is 1.35 bits per heavy atom. The fraction of sp³-hybridized carbons (Fsp3) is 0.865. The van der Waals surface area contributed by atoms with Gasteiger partial charge in [0, 0.05) is 70.9 Å². The van der Waals surface area contributed by atoms with E-state index in [1.54, 1.807) is 6.92 Å². The first kappa shape index (κ1) is 68.5. The van der Waals surface area contributed by atoms with Gasteiger partial charge < -0.3 is 101 Å². The Balaban J connectivity index is 1.25. The molecule has 4 fully saturated rings. The third-order valence-corrected chi connectivity index (χ3v) is 14.6. The van der Waals surface area contributed by atoms with Gasteiger partial charge in [-0.25, -0.2) is 0 Å². The highest BCUT2D eigenvalue weighted by Gasteiger charge is 2.45. The summed E-state index contributed by atoms with van der Waals surface area (Å²) in [5.41, 5.74) is 0. The first-order valence-corrected chi connectivity index (χ1v) is 28.1. The zero-order chi connectivity index (χ0) is 59.1. The van der Waals surface area contributed by atoms with Crippen molar-refractivity contribution in [2.75, 3.05) is 78.7 Å². The van der Waals surface area contributed by atoms with Crippen LogP contribution in [-0.4, -0.2) is 268 Å². The minimum atomic E-state index is -1.54. The van der Waals surface area contributed by atoms with E-state index >= 15 is 0 Å². The van der Waals surface area contributed by atoms with Crippen molar-refractivity contribution in [2.24, 2.45) is 11.8 Å². The van der Waals surface area contributed by atoms with E-state index in [0.29, 0.717) is 51.5 Å². The highest BCUT2D eigenvalue weighted by atomic mass is 16.7. The van der Waals surface area contributed by atoms with Gasteiger partial charge in [-0.05, 0) is 59.3 Å². The van der Waals surface area contributed by atoms with Crippen molar-refractivity contribution in [3.8, 4) is 0 Å². The largest absolute Gasteiger partial charge is 0.388 e. The number of Topliss-reactive ketones (excluding diaryl/α,β-unsaturated/α-hetero) is 2. The van der Waals surface area contributed by atoms with E-state index in [9.17, 15) is 79.5 Å². The van der Waals surface area contributed by atoms with Crippen LogP contribution in [0.1, 0.15) is 105 Å². The Hall–Kier alpha value is -3.95. The maximum absolute atomic E-state index is 13.7. The first-order valence-electron chi connectivity index (χ1n) is 28.1. The summed E-state index contributed by atoms with van der Waals surface area (Å²) in [6.07, 6.45) is -14.6. The number of aliphatic hydroxyl groups excluding tert-OH is 9. The van der Waals surface area contributed by atoms with Crippen molar-refractivity contribution < 1.29 is 108 Å². The standard InChI is InChI=1S/C52H90N6O22/c1-5-34(59)13-8-6-10-16-53-36(61)26-57(28-38(63)55-18-21-76-51-47(72)44(69)41(66)30(3)79-51)27-37(62)54-17-11-7-9-15-39(64)58-24-32(35(60)14-12-20-75-50-46(71)43(68)40(65)29(2)78-50)23-33(25-58)49(74)56-19-22-77-52-48(73)45(70)42(67)31(4)80-52/h29-33,40-48,50-52,65-73H,5-28H2,1-4H3,(H,53,61)(H,54,62)(H,55,63)(H,56,74)/t29-,30-,31-,32?,33?,40+,41+,42+,43+,44+,45+,46-,47-,48-,50+,51?,52+/m0/s1. The maximum atomic E-state index is 13.7. The molecule has 80 heavy (non-hydrogen) atoms. The second kappa shape index (κ2) is 35.2.